The molecule has 0 saturated heterocycles. The lowest BCUT2D eigenvalue weighted by Gasteiger charge is -2.29. The maximum atomic E-state index is 12.8. The van der Waals surface area contributed by atoms with Gasteiger partial charge in [0.1, 0.15) is 12.8 Å². The lowest BCUT2D eigenvalue weighted by molar-refractivity contribution is -0.174. The lowest BCUT2D eigenvalue weighted by atomic mass is 9.75. The number of benzene rings is 1. The Balaban J connectivity index is 3.45. The van der Waals surface area contributed by atoms with Crippen LogP contribution in [0.4, 0.5) is 0 Å². The van der Waals surface area contributed by atoms with Gasteiger partial charge in [-0.25, -0.2) is 9.59 Å². The van der Waals surface area contributed by atoms with Crippen molar-refractivity contribution in [3.8, 4) is 0 Å². The highest BCUT2D eigenvalue weighted by atomic mass is 16.6. The first kappa shape index (κ1) is 23.5. The molecule has 0 saturated carbocycles. The molecule has 0 aromatic heterocycles. The fraction of sp³-hybridized carbons (Fsp3) is 0.368. The van der Waals surface area contributed by atoms with Gasteiger partial charge in [-0.1, -0.05) is 38.1 Å². The predicted octanol–water partition coefficient (Wildman–Crippen LogP) is 0.986. The molecular formula is C19H20O10. The van der Waals surface area contributed by atoms with E-state index in [1.165, 1.54) is 19.1 Å². The summed E-state index contributed by atoms with van der Waals surface area (Å²) in [5.74, 6) is -8.73. The Kier molecular flexibility index (Phi) is 8.19. The van der Waals surface area contributed by atoms with Crippen molar-refractivity contribution < 1.29 is 48.5 Å². The van der Waals surface area contributed by atoms with Gasteiger partial charge in [0, 0.05) is 0 Å². The van der Waals surface area contributed by atoms with Crippen LogP contribution in [0.5, 0.6) is 0 Å². The molecule has 0 aliphatic rings. The van der Waals surface area contributed by atoms with Crippen LogP contribution in [0.3, 0.4) is 0 Å². The SMILES string of the molecule is CCc1ccccc1C(CC)(C(=O)OC(=O)CC(=O)O)C(=O)OC(=O)CC(=O)O. The maximum Gasteiger partial charge on any atom is 0.335 e. The van der Waals surface area contributed by atoms with Crippen molar-refractivity contribution in [1.82, 2.24) is 0 Å². The fourth-order valence-corrected chi connectivity index (χ4v) is 2.73. The quantitative estimate of drug-likeness (QED) is 0.445. The van der Waals surface area contributed by atoms with Crippen LogP contribution in [0, 0.1) is 0 Å². The highest BCUT2D eigenvalue weighted by Crippen LogP contribution is 2.34. The number of carboxylic acids is 2. The summed E-state index contributed by atoms with van der Waals surface area (Å²) < 4.78 is 9.14. The molecule has 156 valence electrons. The maximum absolute atomic E-state index is 12.8. The molecule has 0 bridgehead atoms. The van der Waals surface area contributed by atoms with E-state index in [1.54, 1.807) is 19.1 Å². The summed E-state index contributed by atoms with van der Waals surface area (Å²) in [6, 6.07) is 6.18. The molecule has 10 nitrogen and oxygen atoms in total. The van der Waals surface area contributed by atoms with Crippen LogP contribution in [0.25, 0.3) is 0 Å². The van der Waals surface area contributed by atoms with Gasteiger partial charge >= 0.3 is 35.8 Å². The molecule has 29 heavy (non-hydrogen) atoms. The molecule has 0 radical (unpaired) electrons. The van der Waals surface area contributed by atoms with E-state index in [1.807, 2.05) is 0 Å². The number of carboxylic acid groups (broad SMARTS) is 2. The molecule has 0 unspecified atom stereocenters. The summed E-state index contributed by atoms with van der Waals surface area (Å²) in [5.41, 5.74) is -1.65. The zero-order chi connectivity index (χ0) is 22.2. The van der Waals surface area contributed by atoms with Gasteiger partial charge in [-0.05, 0) is 24.0 Å². The fourth-order valence-electron chi connectivity index (χ4n) is 2.73. The normalized spacial score (nSPS) is 10.7. The van der Waals surface area contributed by atoms with Crippen molar-refractivity contribution in [3.05, 3.63) is 35.4 Å². The lowest BCUT2D eigenvalue weighted by Crippen LogP contribution is -2.48. The summed E-state index contributed by atoms with van der Waals surface area (Å²) in [4.78, 5) is 70.4. The van der Waals surface area contributed by atoms with Crippen molar-refractivity contribution in [1.29, 1.82) is 0 Å². The first-order valence-electron chi connectivity index (χ1n) is 8.60. The van der Waals surface area contributed by atoms with Gasteiger partial charge in [0.25, 0.3) is 0 Å². The van der Waals surface area contributed by atoms with E-state index < -0.39 is 54.1 Å². The van der Waals surface area contributed by atoms with Gasteiger partial charge in [-0.15, -0.1) is 0 Å². The van der Waals surface area contributed by atoms with Gasteiger partial charge < -0.3 is 19.7 Å². The van der Waals surface area contributed by atoms with E-state index in [2.05, 4.69) is 9.47 Å². The van der Waals surface area contributed by atoms with E-state index in [0.717, 1.165) is 0 Å². The summed E-state index contributed by atoms with van der Waals surface area (Å²) in [6.45, 7) is 3.14. The monoisotopic (exact) mass is 408 g/mol. The van der Waals surface area contributed by atoms with E-state index in [-0.39, 0.29) is 12.0 Å². The Hall–Kier alpha value is -3.56. The first-order valence-corrected chi connectivity index (χ1v) is 8.60. The minimum absolute atomic E-state index is 0.103. The molecule has 10 heteroatoms. The van der Waals surface area contributed by atoms with Crippen LogP contribution in [0.15, 0.2) is 24.3 Å². The molecule has 2 N–H and O–H groups in total. The number of esters is 4. The van der Waals surface area contributed by atoms with Crippen LogP contribution >= 0.6 is 0 Å². The second kappa shape index (κ2) is 10.1. The third-order valence-electron chi connectivity index (χ3n) is 4.09. The number of carbonyl (C=O) groups excluding carboxylic acids is 4. The van der Waals surface area contributed by atoms with Crippen LogP contribution in [-0.4, -0.2) is 46.0 Å². The van der Waals surface area contributed by atoms with E-state index in [4.69, 9.17) is 10.2 Å². The Bertz CT molecular complexity index is 797. The summed E-state index contributed by atoms with van der Waals surface area (Å²) in [7, 11) is 0. The highest BCUT2D eigenvalue weighted by molar-refractivity contribution is 6.12. The summed E-state index contributed by atoms with van der Waals surface area (Å²) in [6.07, 6.45) is -2.17. The van der Waals surface area contributed by atoms with Gasteiger partial charge in [-0.3, -0.25) is 19.2 Å². The molecule has 1 aromatic rings. The smallest absolute Gasteiger partial charge is 0.335 e. The van der Waals surface area contributed by atoms with E-state index >= 15 is 0 Å². The number of rotatable bonds is 9. The Labute approximate surface area is 165 Å². The Morgan fingerprint density at radius 3 is 1.66 bits per heavy atom. The predicted molar refractivity (Wildman–Crippen MR) is 94.5 cm³/mol. The number of carbonyl (C=O) groups is 6. The number of aliphatic carboxylic acids is 2. The van der Waals surface area contributed by atoms with Crippen LogP contribution in [-0.2, 0) is 50.1 Å². The molecule has 0 amide bonds. The third-order valence-corrected chi connectivity index (χ3v) is 4.09. The first-order chi connectivity index (χ1) is 13.6. The molecule has 0 atom stereocenters. The number of aryl methyl sites for hydroxylation is 1. The van der Waals surface area contributed by atoms with Gasteiger partial charge in [0.05, 0.1) is 0 Å². The number of hydrogen-bond donors (Lipinski definition) is 2. The molecule has 0 heterocycles. The molecule has 0 aliphatic heterocycles. The highest BCUT2D eigenvalue weighted by Gasteiger charge is 2.52. The van der Waals surface area contributed by atoms with Crippen molar-refractivity contribution >= 4 is 35.8 Å². The number of ether oxygens (including phenoxy) is 2. The van der Waals surface area contributed by atoms with Crippen LogP contribution in [0.2, 0.25) is 0 Å². The summed E-state index contributed by atoms with van der Waals surface area (Å²) >= 11 is 0. The largest absolute Gasteiger partial charge is 0.481 e. The molecule has 0 aliphatic carbocycles. The van der Waals surface area contributed by atoms with Gasteiger partial charge in [-0.2, -0.15) is 0 Å². The minimum atomic E-state index is -2.27. The summed E-state index contributed by atoms with van der Waals surface area (Å²) in [5, 5.41) is 17.3. The third kappa shape index (κ3) is 5.71. The molecule has 1 aromatic carbocycles. The molecule has 0 fully saturated rings. The van der Waals surface area contributed by atoms with E-state index in [9.17, 15) is 28.8 Å². The zero-order valence-corrected chi connectivity index (χ0v) is 15.8. The second-order valence-corrected chi connectivity index (χ2v) is 5.93. The van der Waals surface area contributed by atoms with Crippen LogP contribution < -0.4 is 0 Å². The van der Waals surface area contributed by atoms with Crippen molar-refractivity contribution in [2.24, 2.45) is 0 Å². The average molecular weight is 408 g/mol. The zero-order valence-electron chi connectivity index (χ0n) is 15.8. The Morgan fingerprint density at radius 2 is 1.28 bits per heavy atom. The standard InChI is InChI=1S/C19H20O10/c1-3-11-7-5-6-8-12(11)19(4-2,17(26)28-15(24)9-13(20)21)18(27)29-16(25)10-14(22)23/h5-8H,3-4,9-10H2,1-2H3,(H,20,21)(H,22,23). The van der Waals surface area contributed by atoms with Crippen molar-refractivity contribution in [2.45, 2.75) is 44.9 Å². The van der Waals surface area contributed by atoms with Crippen molar-refractivity contribution in [3.63, 3.8) is 0 Å². The topological polar surface area (TPSA) is 161 Å². The Morgan fingerprint density at radius 1 is 0.828 bits per heavy atom. The van der Waals surface area contributed by atoms with Gasteiger partial charge in [0.15, 0.2) is 5.41 Å². The minimum Gasteiger partial charge on any atom is -0.481 e. The van der Waals surface area contributed by atoms with Gasteiger partial charge in [0.2, 0.25) is 0 Å². The van der Waals surface area contributed by atoms with E-state index in [0.29, 0.717) is 12.0 Å². The average Bonchev–Trinajstić information content (AvgIpc) is 2.61. The number of hydrogen-bond acceptors (Lipinski definition) is 8. The second-order valence-electron chi connectivity index (χ2n) is 5.93. The molecule has 1 rings (SSSR count). The molecular weight excluding hydrogens is 388 g/mol. The van der Waals surface area contributed by atoms with Crippen LogP contribution in [0.1, 0.15) is 44.2 Å². The van der Waals surface area contributed by atoms with Crippen molar-refractivity contribution in [2.75, 3.05) is 0 Å². The molecule has 0 spiro atoms.